The van der Waals surface area contributed by atoms with Crippen molar-refractivity contribution in [2.75, 3.05) is 12.4 Å². The van der Waals surface area contributed by atoms with Gasteiger partial charge in [0, 0.05) is 19.2 Å². The van der Waals surface area contributed by atoms with Gasteiger partial charge >= 0.3 is 5.97 Å². The Labute approximate surface area is 87.1 Å². The zero-order valence-electron chi connectivity index (χ0n) is 8.36. The average molecular weight is 208 g/mol. The highest BCUT2D eigenvalue weighted by Crippen LogP contribution is 2.28. The van der Waals surface area contributed by atoms with Crippen LogP contribution < -0.4 is 10.1 Å². The number of hydrogen-bond acceptors (Lipinski definition) is 4. The molecule has 1 aliphatic carbocycles. The third kappa shape index (κ3) is 2.37. The van der Waals surface area contributed by atoms with E-state index in [1.807, 2.05) is 0 Å². The van der Waals surface area contributed by atoms with Crippen LogP contribution in [0.2, 0.25) is 0 Å². The standard InChI is InChI=1S/C10H12N2O3/c1-11-9-5-7(15-6-2-3-6)4-8(12-9)10(13)14/h4-6H,2-3H2,1H3,(H,11,12)(H,13,14). The number of carbonyl (C=O) groups is 1. The molecule has 1 aromatic rings. The molecular weight excluding hydrogens is 196 g/mol. The molecule has 0 amide bonds. The average Bonchev–Trinajstić information content (AvgIpc) is 3.01. The Balaban J connectivity index is 2.27. The third-order valence-electron chi connectivity index (χ3n) is 2.10. The molecule has 5 nitrogen and oxygen atoms in total. The van der Waals surface area contributed by atoms with Crippen LogP contribution in [-0.2, 0) is 0 Å². The van der Waals surface area contributed by atoms with Crippen molar-refractivity contribution in [1.82, 2.24) is 4.98 Å². The van der Waals surface area contributed by atoms with Crippen molar-refractivity contribution in [1.29, 1.82) is 0 Å². The number of aromatic carboxylic acids is 1. The van der Waals surface area contributed by atoms with E-state index < -0.39 is 5.97 Å². The Kier molecular flexibility index (Phi) is 2.45. The van der Waals surface area contributed by atoms with Gasteiger partial charge in [-0.1, -0.05) is 0 Å². The molecule has 2 rings (SSSR count). The van der Waals surface area contributed by atoms with Gasteiger partial charge in [0.1, 0.15) is 11.6 Å². The van der Waals surface area contributed by atoms with Gasteiger partial charge in [0.15, 0.2) is 5.69 Å². The molecule has 1 saturated carbocycles. The number of nitrogens with one attached hydrogen (secondary N) is 1. The normalized spacial score (nSPS) is 14.7. The van der Waals surface area contributed by atoms with E-state index in [0.717, 1.165) is 12.8 Å². The molecule has 80 valence electrons. The third-order valence-corrected chi connectivity index (χ3v) is 2.10. The topological polar surface area (TPSA) is 71.5 Å². The molecule has 0 atom stereocenters. The lowest BCUT2D eigenvalue weighted by molar-refractivity contribution is 0.0690. The predicted molar refractivity (Wildman–Crippen MR) is 54.4 cm³/mol. The predicted octanol–water partition coefficient (Wildman–Crippen LogP) is 1.36. The van der Waals surface area contributed by atoms with Crippen LogP contribution in [-0.4, -0.2) is 29.2 Å². The minimum absolute atomic E-state index is 0.00231. The molecule has 1 aliphatic rings. The molecule has 2 N–H and O–H groups in total. The summed E-state index contributed by atoms with van der Waals surface area (Å²) >= 11 is 0. The minimum Gasteiger partial charge on any atom is -0.490 e. The molecule has 0 bridgehead atoms. The first-order valence-corrected chi connectivity index (χ1v) is 4.79. The smallest absolute Gasteiger partial charge is 0.354 e. The number of aromatic nitrogens is 1. The number of pyridine rings is 1. The maximum atomic E-state index is 10.8. The Morgan fingerprint density at radius 2 is 2.33 bits per heavy atom. The summed E-state index contributed by atoms with van der Waals surface area (Å²) in [6.07, 6.45) is 2.33. The second-order valence-corrected chi connectivity index (χ2v) is 3.45. The quantitative estimate of drug-likeness (QED) is 0.781. The van der Waals surface area contributed by atoms with Crippen LogP contribution in [0, 0.1) is 0 Å². The van der Waals surface area contributed by atoms with Crippen molar-refractivity contribution in [2.45, 2.75) is 18.9 Å². The summed E-state index contributed by atoms with van der Waals surface area (Å²) in [4.78, 5) is 14.7. The molecule has 0 spiro atoms. The number of carboxylic acid groups (broad SMARTS) is 1. The van der Waals surface area contributed by atoms with Gasteiger partial charge in [-0.3, -0.25) is 0 Å². The van der Waals surface area contributed by atoms with Crippen molar-refractivity contribution < 1.29 is 14.6 Å². The molecule has 0 saturated heterocycles. The summed E-state index contributed by atoms with van der Waals surface area (Å²) in [5, 5.41) is 11.6. The summed E-state index contributed by atoms with van der Waals surface area (Å²) in [6.45, 7) is 0. The molecule has 1 fully saturated rings. The van der Waals surface area contributed by atoms with Crippen molar-refractivity contribution in [2.24, 2.45) is 0 Å². The van der Waals surface area contributed by atoms with Crippen LogP contribution in [0.3, 0.4) is 0 Å². The Morgan fingerprint density at radius 1 is 1.60 bits per heavy atom. The van der Waals surface area contributed by atoms with Gasteiger partial charge in [-0.25, -0.2) is 9.78 Å². The molecule has 0 aromatic carbocycles. The SMILES string of the molecule is CNc1cc(OC2CC2)cc(C(=O)O)n1. The number of anilines is 1. The first-order valence-electron chi connectivity index (χ1n) is 4.79. The Morgan fingerprint density at radius 3 is 2.87 bits per heavy atom. The summed E-state index contributed by atoms with van der Waals surface area (Å²) in [7, 11) is 1.69. The van der Waals surface area contributed by atoms with E-state index in [9.17, 15) is 4.79 Å². The molecule has 0 unspecified atom stereocenters. The fourth-order valence-corrected chi connectivity index (χ4v) is 1.19. The largest absolute Gasteiger partial charge is 0.490 e. The first kappa shape index (κ1) is 9.76. The molecule has 1 heterocycles. The first-order chi connectivity index (χ1) is 7.19. The maximum absolute atomic E-state index is 10.8. The highest BCUT2D eigenvalue weighted by molar-refractivity contribution is 5.86. The number of nitrogens with zero attached hydrogens (tertiary/aromatic N) is 1. The summed E-state index contributed by atoms with van der Waals surface area (Å²) < 4.78 is 5.52. The van der Waals surface area contributed by atoms with Gasteiger partial charge in [-0.2, -0.15) is 0 Å². The molecule has 5 heteroatoms. The summed E-state index contributed by atoms with van der Waals surface area (Å²) in [5.74, 6) is 0.0209. The highest BCUT2D eigenvalue weighted by Gasteiger charge is 2.24. The number of ether oxygens (including phenoxy) is 1. The van der Waals surface area contributed by atoms with E-state index in [2.05, 4.69) is 10.3 Å². The minimum atomic E-state index is -1.05. The Bertz CT molecular complexity index is 388. The van der Waals surface area contributed by atoms with Crippen LogP contribution >= 0.6 is 0 Å². The van der Waals surface area contributed by atoms with Crippen molar-refractivity contribution in [3.05, 3.63) is 17.8 Å². The molecular formula is C10H12N2O3. The molecule has 0 aliphatic heterocycles. The monoisotopic (exact) mass is 208 g/mol. The van der Waals surface area contributed by atoms with Crippen LogP contribution in [0.5, 0.6) is 5.75 Å². The zero-order valence-corrected chi connectivity index (χ0v) is 8.36. The van der Waals surface area contributed by atoms with Gasteiger partial charge in [0.25, 0.3) is 0 Å². The van der Waals surface area contributed by atoms with E-state index >= 15 is 0 Å². The van der Waals surface area contributed by atoms with E-state index in [1.165, 1.54) is 6.07 Å². The van der Waals surface area contributed by atoms with Crippen molar-refractivity contribution >= 4 is 11.8 Å². The van der Waals surface area contributed by atoms with E-state index in [4.69, 9.17) is 9.84 Å². The van der Waals surface area contributed by atoms with Gasteiger partial charge in [0.05, 0.1) is 6.10 Å². The zero-order chi connectivity index (χ0) is 10.8. The molecule has 1 aromatic heterocycles. The lowest BCUT2D eigenvalue weighted by atomic mass is 10.3. The Hall–Kier alpha value is -1.78. The van der Waals surface area contributed by atoms with Gasteiger partial charge in [0.2, 0.25) is 0 Å². The number of rotatable bonds is 4. The van der Waals surface area contributed by atoms with E-state index in [1.54, 1.807) is 13.1 Å². The lowest BCUT2D eigenvalue weighted by Crippen LogP contribution is -2.05. The van der Waals surface area contributed by atoms with Crippen LogP contribution in [0.1, 0.15) is 23.3 Å². The lowest BCUT2D eigenvalue weighted by Gasteiger charge is -2.07. The molecule has 0 radical (unpaired) electrons. The van der Waals surface area contributed by atoms with E-state index in [0.29, 0.717) is 11.6 Å². The number of hydrogen-bond donors (Lipinski definition) is 2. The van der Waals surface area contributed by atoms with E-state index in [-0.39, 0.29) is 11.8 Å². The maximum Gasteiger partial charge on any atom is 0.354 e. The highest BCUT2D eigenvalue weighted by atomic mass is 16.5. The fourth-order valence-electron chi connectivity index (χ4n) is 1.19. The van der Waals surface area contributed by atoms with Crippen LogP contribution in [0.25, 0.3) is 0 Å². The van der Waals surface area contributed by atoms with Gasteiger partial charge < -0.3 is 15.2 Å². The van der Waals surface area contributed by atoms with Crippen molar-refractivity contribution in [3.63, 3.8) is 0 Å². The second-order valence-electron chi connectivity index (χ2n) is 3.45. The van der Waals surface area contributed by atoms with Gasteiger partial charge in [-0.05, 0) is 12.8 Å². The number of carboxylic acids is 1. The second kappa shape index (κ2) is 3.76. The van der Waals surface area contributed by atoms with Crippen molar-refractivity contribution in [3.8, 4) is 5.75 Å². The van der Waals surface area contributed by atoms with Crippen LogP contribution in [0.15, 0.2) is 12.1 Å². The fraction of sp³-hybridized carbons (Fsp3) is 0.400. The molecule has 15 heavy (non-hydrogen) atoms. The van der Waals surface area contributed by atoms with Gasteiger partial charge in [-0.15, -0.1) is 0 Å². The van der Waals surface area contributed by atoms with Crippen LogP contribution in [0.4, 0.5) is 5.82 Å². The summed E-state index contributed by atoms with van der Waals surface area (Å²) in [6, 6.07) is 3.15. The summed E-state index contributed by atoms with van der Waals surface area (Å²) in [5.41, 5.74) is -0.00231.